The van der Waals surface area contributed by atoms with E-state index >= 15 is 0 Å². The summed E-state index contributed by atoms with van der Waals surface area (Å²) in [5.41, 5.74) is 0.986. The van der Waals surface area contributed by atoms with E-state index < -0.39 is 0 Å². The Bertz CT molecular complexity index is 533. The lowest BCUT2D eigenvalue weighted by Crippen LogP contribution is -2.53. The fourth-order valence-electron chi connectivity index (χ4n) is 2.97. The zero-order chi connectivity index (χ0) is 18.2. The highest BCUT2D eigenvalue weighted by molar-refractivity contribution is 5.79. The summed E-state index contributed by atoms with van der Waals surface area (Å²) in [5.74, 6) is 2.00. The fraction of sp³-hybridized carbons (Fsp3) is 0.778. The third kappa shape index (κ3) is 6.01. The molecule has 1 atom stereocenters. The Morgan fingerprint density at radius 2 is 1.96 bits per heavy atom. The van der Waals surface area contributed by atoms with Crippen LogP contribution in [-0.4, -0.2) is 73.3 Å². The molecule has 1 aliphatic heterocycles. The van der Waals surface area contributed by atoms with E-state index in [0.717, 1.165) is 56.7 Å². The standard InChI is InChI=1S/C18H34N6O/c1-6-23-7-9-24(10-8-23)15(4)12-20-18(19-5)21-13-16-11-17(14(2)3)22-25-16/h11,14-15H,6-10,12-13H2,1-5H3,(H2,19,20,21). The van der Waals surface area contributed by atoms with E-state index in [1.807, 2.05) is 6.07 Å². The second-order valence-corrected chi connectivity index (χ2v) is 7.00. The zero-order valence-electron chi connectivity index (χ0n) is 16.4. The first-order chi connectivity index (χ1) is 12.0. The Morgan fingerprint density at radius 3 is 2.52 bits per heavy atom. The average Bonchev–Trinajstić information content (AvgIpc) is 3.11. The monoisotopic (exact) mass is 350 g/mol. The van der Waals surface area contributed by atoms with Crippen LogP contribution in [0.2, 0.25) is 0 Å². The molecule has 0 bridgehead atoms. The zero-order valence-corrected chi connectivity index (χ0v) is 16.4. The van der Waals surface area contributed by atoms with Crippen LogP contribution in [-0.2, 0) is 6.54 Å². The molecule has 7 heteroatoms. The van der Waals surface area contributed by atoms with Gasteiger partial charge in [-0.05, 0) is 19.4 Å². The van der Waals surface area contributed by atoms with Gasteiger partial charge in [0.15, 0.2) is 11.7 Å². The van der Waals surface area contributed by atoms with Crippen LogP contribution < -0.4 is 10.6 Å². The molecule has 1 aromatic heterocycles. The van der Waals surface area contributed by atoms with Crippen molar-refractivity contribution >= 4 is 5.96 Å². The van der Waals surface area contributed by atoms with Gasteiger partial charge in [0.1, 0.15) is 0 Å². The molecule has 1 saturated heterocycles. The van der Waals surface area contributed by atoms with Gasteiger partial charge in [-0.1, -0.05) is 25.9 Å². The van der Waals surface area contributed by atoms with Gasteiger partial charge in [-0.15, -0.1) is 0 Å². The number of aliphatic imine (C=N–C) groups is 1. The third-order valence-corrected chi connectivity index (χ3v) is 4.86. The molecule has 142 valence electrons. The van der Waals surface area contributed by atoms with E-state index in [2.05, 4.69) is 58.3 Å². The summed E-state index contributed by atoms with van der Waals surface area (Å²) >= 11 is 0. The molecule has 25 heavy (non-hydrogen) atoms. The summed E-state index contributed by atoms with van der Waals surface area (Å²) in [5, 5.41) is 10.8. The number of aromatic nitrogens is 1. The predicted molar refractivity (Wildman–Crippen MR) is 102 cm³/mol. The van der Waals surface area contributed by atoms with E-state index in [4.69, 9.17) is 4.52 Å². The largest absolute Gasteiger partial charge is 0.359 e. The van der Waals surface area contributed by atoms with E-state index in [1.165, 1.54) is 0 Å². The van der Waals surface area contributed by atoms with Crippen LogP contribution in [0.4, 0.5) is 0 Å². The fourth-order valence-corrected chi connectivity index (χ4v) is 2.97. The summed E-state index contributed by atoms with van der Waals surface area (Å²) in [6.07, 6.45) is 0. The molecule has 7 nitrogen and oxygen atoms in total. The molecule has 0 aromatic carbocycles. The van der Waals surface area contributed by atoms with Gasteiger partial charge in [0.25, 0.3) is 0 Å². The van der Waals surface area contributed by atoms with Gasteiger partial charge in [-0.3, -0.25) is 9.89 Å². The van der Waals surface area contributed by atoms with Gasteiger partial charge in [-0.2, -0.15) is 0 Å². The highest BCUT2D eigenvalue weighted by atomic mass is 16.5. The molecule has 0 saturated carbocycles. The van der Waals surface area contributed by atoms with Crippen LogP contribution in [0.5, 0.6) is 0 Å². The van der Waals surface area contributed by atoms with Crippen molar-refractivity contribution < 1.29 is 4.52 Å². The summed E-state index contributed by atoms with van der Waals surface area (Å²) in [4.78, 5) is 9.33. The smallest absolute Gasteiger partial charge is 0.191 e. The number of rotatable bonds is 7. The molecule has 1 fully saturated rings. The van der Waals surface area contributed by atoms with Crippen LogP contribution in [0, 0.1) is 0 Å². The van der Waals surface area contributed by atoms with Crippen molar-refractivity contribution in [2.45, 2.75) is 46.2 Å². The van der Waals surface area contributed by atoms with E-state index in [1.54, 1.807) is 7.05 Å². The van der Waals surface area contributed by atoms with Crippen molar-refractivity contribution in [3.8, 4) is 0 Å². The van der Waals surface area contributed by atoms with E-state index in [-0.39, 0.29) is 0 Å². The Kier molecular flexibility index (Phi) is 7.71. The lowest BCUT2D eigenvalue weighted by atomic mass is 10.1. The second kappa shape index (κ2) is 9.77. The molecule has 2 heterocycles. The van der Waals surface area contributed by atoms with Crippen LogP contribution in [0.3, 0.4) is 0 Å². The highest BCUT2D eigenvalue weighted by Gasteiger charge is 2.20. The number of likely N-dealkylation sites (N-methyl/N-ethyl adjacent to an activating group) is 1. The lowest BCUT2D eigenvalue weighted by molar-refractivity contribution is 0.107. The minimum atomic E-state index is 0.379. The summed E-state index contributed by atoms with van der Waals surface area (Å²) in [6, 6.07) is 2.48. The van der Waals surface area contributed by atoms with Crippen LogP contribution >= 0.6 is 0 Å². The van der Waals surface area contributed by atoms with Crippen LogP contribution in [0.25, 0.3) is 0 Å². The maximum absolute atomic E-state index is 5.35. The minimum Gasteiger partial charge on any atom is -0.359 e. The van der Waals surface area contributed by atoms with Gasteiger partial charge in [0.2, 0.25) is 0 Å². The second-order valence-electron chi connectivity index (χ2n) is 7.00. The highest BCUT2D eigenvalue weighted by Crippen LogP contribution is 2.13. The molecule has 0 aliphatic carbocycles. The SMILES string of the molecule is CCN1CCN(C(C)CNC(=NC)NCc2cc(C(C)C)no2)CC1. The maximum atomic E-state index is 5.35. The minimum absolute atomic E-state index is 0.379. The van der Waals surface area contributed by atoms with Crippen molar-refractivity contribution in [1.82, 2.24) is 25.6 Å². The van der Waals surface area contributed by atoms with E-state index in [9.17, 15) is 0 Å². The summed E-state index contributed by atoms with van der Waals surface area (Å²) in [6.45, 7) is 15.9. The number of piperazine rings is 1. The van der Waals surface area contributed by atoms with Crippen LogP contribution in [0.1, 0.15) is 45.1 Å². The van der Waals surface area contributed by atoms with Gasteiger partial charge < -0.3 is 20.1 Å². The lowest BCUT2D eigenvalue weighted by Gasteiger charge is -2.37. The molecule has 2 N–H and O–H groups in total. The number of nitrogens with one attached hydrogen (secondary N) is 2. The number of hydrogen-bond acceptors (Lipinski definition) is 5. The molecule has 0 spiro atoms. The number of nitrogens with zero attached hydrogens (tertiary/aromatic N) is 4. The average molecular weight is 351 g/mol. The normalized spacial score (nSPS) is 18.6. The first-order valence-electron chi connectivity index (χ1n) is 9.39. The van der Waals surface area contributed by atoms with Crippen molar-refractivity contribution in [3.05, 3.63) is 17.5 Å². The molecule has 1 aromatic rings. The maximum Gasteiger partial charge on any atom is 0.191 e. The molecule has 0 radical (unpaired) electrons. The van der Waals surface area contributed by atoms with Gasteiger partial charge in [0, 0.05) is 51.9 Å². The summed E-state index contributed by atoms with van der Waals surface area (Å²) < 4.78 is 5.35. The molecule has 2 rings (SSSR count). The van der Waals surface area contributed by atoms with Crippen molar-refractivity contribution in [2.75, 3.05) is 46.3 Å². The van der Waals surface area contributed by atoms with Gasteiger partial charge >= 0.3 is 0 Å². The molecule has 1 aliphatic rings. The topological polar surface area (TPSA) is 68.9 Å². The van der Waals surface area contributed by atoms with E-state index in [0.29, 0.717) is 18.5 Å². The Balaban J connectivity index is 1.72. The van der Waals surface area contributed by atoms with Crippen molar-refractivity contribution in [3.63, 3.8) is 0 Å². The van der Waals surface area contributed by atoms with Crippen molar-refractivity contribution in [1.29, 1.82) is 0 Å². The number of hydrogen-bond donors (Lipinski definition) is 2. The Hall–Kier alpha value is -1.60. The quantitative estimate of drug-likeness (QED) is 0.574. The third-order valence-electron chi connectivity index (χ3n) is 4.86. The molecular formula is C18H34N6O. The van der Waals surface area contributed by atoms with Crippen molar-refractivity contribution in [2.24, 2.45) is 4.99 Å². The summed E-state index contributed by atoms with van der Waals surface area (Å²) in [7, 11) is 1.79. The first-order valence-corrected chi connectivity index (χ1v) is 9.39. The van der Waals surface area contributed by atoms with Gasteiger partial charge in [0.05, 0.1) is 12.2 Å². The predicted octanol–water partition coefficient (Wildman–Crippen LogP) is 1.49. The molecular weight excluding hydrogens is 316 g/mol. The van der Waals surface area contributed by atoms with Gasteiger partial charge in [-0.25, -0.2) is 0 Å². The Morgan fingerprint density at radius 1 is 1.24 bits per heavy atom. The first kappa shape index (κ1) is 19.7. The molecule has 1 unspecified atom stereocenters. The molecule has 0 amide bonds. The Labute approximate surface area is 151 Å². The number of guanidine groups is 1. The van der Waals surface area contributed by atoms with Crippen LogP contribution in [0.15, 0.2) is 15.6 Å².